The minimum absolute atomic E-state index is 0.00261. The van der Waals surface area contributed by atoms with E-state index < -0.39 is 11.5 Å². The number of anilines is 1. The minimum atomic E-state index is -0.559. The van der Waals surface area contributed by atoms with Crippen molar-refractivity contribution in [3.63, 3.8) is 0 Å². The summed E-state index contributed by atoms with van der Waals surface area (Å²) in [6, 6.07) is 4.85. The van der Waals surface area contributed by atoms with Crippen molar-refractivity contribution in [2.45, 2.75) is 39.3 Å². The Morgan fingerprint density at radius 2 is 2.05 bits per heavy atom. The summed E-state index contributed by atoms with van der Waals surface area (Å²) >= 11 is 12.1. The Bertz CT molecular complexity index is 2000. The van der Waals surface area contributed by atoms with Crippen LogP contribution in [0.5, 0.6) is 0 Å². The standard InChI is InChI=1S/C27H23Cl2N9O3/c1-3-9-36(25(39)16-12-19(28)33-34-21(16)29)23-17-6-5-11-35(17)18(13-30-23)22-31-20-24(32-22)37(10-4-2)27(41)38(26(20)40)14-15-7-8-15/h1,5-6,11-13,15H,4,7-10,14H2,2H3,(H,31,32). The molecule has 5 aromatic heterocycles. The molecule has 1 saturated carbocycles. The van der Waals surface area contributed by atoms with Crippen molar-refractivity contribution >= 4 is 51.6 Å². The second kappa shape index (κ2) is 10.5. The van der Waals surface area contributed by atoms with E-state index >= 15 is 0 Å². The first-order valence-electron chi connectivity index (χ1n) is 13.0. The van der Waals surface area contributed by atoms with E-state index in [0.29, 0.717) is 42.5 Å². The minimum Gasteiger partial charge on any atom is -0.331 e. The van der Waals surface area contributed by atoms with Crippen molar-refractivity contribution in [3.8, 4) is 23.9 Å². The fourth-order valence-electron chi connectivity index (χ4n) is 4.82. The number of aromatic nitrogens is 8. The number of carbonyl (C=O) groups is 1. The fraction of sp³-hybridized carbons (Fsp3) is 0.296. The smallest absolute Gasteiger partial charge is 0.331 e. The number of aromatic amines is 1. The number of imidazole rings is 1. The number of hydrogen-bond donors (Lipinski definition) is 1. The van der Waals surface area contributed by atoms with Crippen molar-refractivity contribution in [1.29, 1.82) is 0 Å². The van der Waals surface area contributed by atoms with Gasteiger partial charge >= 0.3 is 5.69 Å². The van der Waals surface area contributed by atoms with Gasteiger partial charge in [0.1, 0.15) is 11.2 Å². The van der Waals surface area contributed by atoms with Gasteiger partial charge in [-0.1, -0.05) is 36.0 Å². The van der Waals surface area contributed by atoms with Gasteiger partial charge in [0, 0.05) is 19.3 Å². The molecule has 208 valence electrons. The van der Waals surface area contributed by atoms with Crippen molar-refractivity contribution in [1.82, 2.24) is 38.7 Å². The van der Waals surface area contributed by atoms with Crippen LogP contribution in [0.4, 0.5) is 5.82 Å². The Kier molecular flexibility index (Phi) is 6.84. The third kappa shape index (κ3) is 4.67. The van der Waals surface area contributed by atoms with Gasteiger partial charge in [-0.15, -0.1) is 16.6 Å². The lowest BCUT2D eigenvalue weighted by molar-refractivity contribution is 0.0989. The molecule has 0 unspecified atom stereocenters. The number of carbonyl (C=O) groups excluding carboxylic acids is 1. The molecule has 5 aromatic rings. The predicted molar refractivity (Wildman–Crippen MR) is 154 cm³/mol. The number of hydrogen-bond acceptors (Lipinski definition) is 7. The molecule has 0 atom stereocenters. The molecule has 0 saturated heterocycles. The lowest BCUT2D eigenvalue weighted by atomic mass is 10.2. The molecule has 1 aliphatic rings. The van der Waals surface area contributed by atoms with Gasteiger partial charge in [0.2, 0.25) is 0 Å². The highest BCUT2D eigenvalue weighted by Gasteiger charge is 2.27. The zero-order valence-electron chi connectivity index (χ0n) is 21.8. The predicted octanol–water partition coefficient (Wildman–Crippen LogP) is 3.40. The molecule has 0 aliphatic heterocycles. The Labute approximate surface area is 242 Å². The SMILES string of the molecule is C#CCN(C(=O)c1cc(Cl)nnc1Cl)c1ncc(-c2nc3c([nH]2)c(=O)n(CC2CC2)c(=O)n3CCC)n2cccc12. The summed E-state index contributed by atoms with van der Waals surface area (Å²) < 4.78 is 4.61. The maximum atomic E-state index is 13.5. The molecular formula is C27H23Cl2N9O3. The molecule has 0 bridgehead atoms. The average Bonchev–Trinajstić information content (AvgIpc) is 3.45. The summed E-state index contributed by atoms with van der Waals surface area (Å²) in [5.74, 6) is 2.87. The third-order valence-corrected chi connectivity index (χ3v) is 7.40. The summed E-state index contributed by atoms with van der Waals surface area (Å²) in [7, 11) is 0. The Balaban J connectivity index is 1.49. The van der Waals surface area contributed by atoms with Gasteiger partial charge in [-0.3, -0.25) is 23.6 Å². The second-order valence-corrected chi connectivity index (χ2v) is 10.5. The average molecular weight is 592 g/mol. The number of rotatable bonds is 8. The van der Waals surface area contributed by atoms with Crippen molar-refractivity contribution in [3.05, 3.63) is 67.3 Å². The van der Waals surface area contributed by atoms with Crippen LogP contribution in [0, 0.1) is 18.3 Å². The molecule has 0 spiro atoms. The Morgan fingerprint density at radius 1 is 1.24 bits per heavy atom. The van der Waals surface area contributed by atoms with Crippen LogP contribution in [0.2, 0.25) is 10.3 Å². The summed E-state index contributed by atoms with van der Waals surface area (Å²) in [6.07, 6.45) is 11.6. The number of fused-ring (bicyclic) bond motifs is 2. The van der Waals surface area contributed by atoms with E-state index in [2.05, 4.69) is 31.1 Å². The lowest BCUT2D eigenvalue weighted by Gasteiger charge is -2.21. The van der Waals surface area contributed by atoms with E-state index in [1.54, 1.807) is 27.3 Å². The van der Waals surface area contributed by atoms with E-state index in [1.165, 1.54) is 21.7 Å². The van der Waals surface area contributed by atoms with E-state index in [9.17, 15) is 14.4 Å². The van der Waals surface area contributed by atoms with Gasteiger partial charge in [0.05, 0.1) is 23.8 Å². The molecule has 1 N–H and O–H groups in total. The monoisotopic (exact) mass is 591 g/mol. The van der Waals surface area contributed by atoms with Crippen molar-refractivity contribution in [2.75, 3.05) is 11.4 Å². The Morgan fingerprint density at radius 3 is 2.78 bits per heavy atom. The topological polar surface area (TPSA) is 136 Å². The van der Waals surface area contributed by atoms with Gasteiger partial charge in [0.15, 0.2) is 27.6 Å². The number of halogens is 2. The summed E-state index contributed by atoms with van der Waals surface area (Å²) in [5, 5.41) is 7.24. The number of H-pyrrole nitrogens is 1. The van der Waals surface area contributed by atoms with Gasteiger partial charge in [-0.25, -0.2) is 14.8 Å². The first-order chi connectivity index (χ1) is 19.8. The maximum absolute atomic E-state index is 13.5. The molecule has 41 heavy (non-hydrogen) atoms. The van der Waals surface area contributed by atoms with Crippen LogP contribution >= 0.6 is 23.2 Å². The molecule has 12 nitrogen and oxygen atoms in total. The second-order valence-electron chi connectivity index (χ2n) is 9.77. The zero-order valence-corrected chi connectivity index (χ0v) is 23.4. The molecule has 1 amide bonds. The first kappa shape index (κ1) is 26.7. The molecule has 1 aliphatic carbocycles. The van der Waals surface area contributed by atoms with Gasteiger partial charge < -0.3 is 9.38 Å². The van der Waals surface area contributed by atoms with E-state index in [1.807, 2.05) is 6.92 Å². The molecule has 0 radical (unpaired) electrons. The highest BCUT2D eigenvalue weighted by atomic mass is 35.5. The molecule has 0 aromatic carbocycles. The maximum Gasteiger partial charge on any atom is 0.332 e. The van der Waals surface area contributed by atoms with Gasteiger partial charge in [-0.2, -0.15) is 0 Å². The molecular weight excluding hydrogens is 569 g/mol. The zero-order chi connectivity index (χ0) is 28.8. The molecule has 5 heterocycles. The summed E-state index contributed by atoms with van der Waals surface area (Å²) in [4.78, 5) is 53.8. The highest BCUT2D eigenvalue weighted by molar-refractivity contribution is 6.34. The summed E-state index contributed by atoms with van der Waals surface area (Å²) in [6.45, 7) is 2.66. The van der Waals surface area contributed by atoms with Crippen LogP contribution in [-0.2, 0) is 13.1 Å². The molecule has 14 heteroatoms. The van der Waals surface area contributed by atoms with Crippen LogP contribution in [0.15, 0.2) is 40.2 Å². The van der Waals surface area contributed by atoms with Crippen LogP contribution in [0.1, 0.15) is 36.5 Å². The largest absolute Gasteiger partial charge is 0.332 e. The third-order valence-electron chi connectivity index (χ3n) is 6.93. The Hall–Kier alpha value is -4.47. The van der Waals surface area contributed by atoms with Crippen LogP contribution in [0.25, 0.3) is 28.2 Å². The van der Waals surface area contributed by atoms with Crippen LogP contribution < -0.4 is 16.1 Å². The van der Waals surface area contributed by atoms with E-state index in [0.717, 1.165) is 12.8 Å². The first-order valence-corrected chi connectivity index (χ1v) is 13.7. The number of amides is 1. The number of nitrogens with zero attached hydrogens (tertiary/aromatic N) is 8. The molecule has 1 fully saturated rings. The van der Waals surface area contributed by atoms with Gasteiger partial charge in [0.25, 0.3) is 11.5 Å². The van der Waals surface area contributed by atoms with Crippen molar-refractivity contribution in [2.24, 2.45) is 5.92 Å². The van der Waals surface area contributed by atoms with Crippen LogP contribution in [-0.4, -0.2) is 51.1 Å². The van der Waals surface area contributed by atoms with Crippen LogP contribution in [0.3, 0.4) is 0 Å². The quantitative estimate of drug-likeness (QED) is 0.273. The normalized spacial score (nSPS) is 13.1. The fourth-order valence-corrected chi connectivity index (χ4v) is 5.14. The highest BCUT2D eigenvalue weighted by Crippen LogP contribution is 2.30. The number of nitrogens with one attached hydrogen (secondary N) is 1. The van der Waals surface area contributed by atoms with E-state index in [-0.39, 0.29) is 45.1 Å². The van der Waals surface area contributed by atoms with E-state index in [4.69, 9.17) is 29.6 Å². The summed E-state index contributed by atoms with van der Waals surface area (Å²) in [5.41, 5.74) is 0.839. The number of terminal acetylenes is 1. The molecule has 6 rings (SSSR count). The number of aryl methyl sites for hydroxylation is 1. The van der Waals surface area contributed by atoms with Gasteiger partial charge in [-0.05, 0) is 43.4 Å². The van der Waals surface area contributed by atoms with Crippen molar-refractivity contribution < 1.29 is 4.79 Å². The lowest BCUT2D eigenvalue weighted by Crippen LogP contribution is -2.40.